The van der Waals surface area contributed by atoms with Gasteiger partial charge in [-0.3, -0.25) is 4.79 Å². The van der Waals surface area contributed by atoms with Gasteiger partial charge in [-0.15, -0.1) is 0 Å². The van der Waals surface area contributed by atoms with Gasteiger partial charge in [-0.25, -0.2) is 4.98 Å². The lowest BCUT2D eigenvalue weighted by atomic mass is 9.68. The Morgan fingerprint density at radius 2 is 1.64 bits per heavy atom. The lowest BCUT2D eigenvalue weighted by Gasteiger charge is -2.39. The van der Waals surface area contributed by atoms with Crippen molar-refractivity contribution in [2.75, 3.05) is 0 Å². The first-order valence-electron chi connectivity index (χ1n) is 13.0. The maximum absolute atomic E-state index is 14.3. The van der Waals surface area contributed by atoms with Gasteiger partial charge in [0.15, 0.2) is 19.3 Å². The highest BCUT2D eigenvalue weighted by molar-refractivity contribution is 6.93. The molecule has 0 radical (unpaired) electrons. The number of aryl methyl sites for hydroxylation is 1. The number of benzene rings is 1. The molecule has 0 unspecified atom stereocenters. The molecule has 1 aromatic carbocycles. The molecular formula is C29H43NO2Si. The molecule has 1 heterocycles. The fraction of sp³-hybridized carbons (Fsp3) is 0.655. The summed E-state index contributed by atoms with van der Waals surface area (Å²) in [7, 11) is -2.12. The van der Waals surface area contributed by atoms with E-state index >= 15 is 0 Å². The number of oxazole rings is 1. The number of rotatable bonds is 5. The van der Waals surface area contributed by atoms with Gasteiger partial charge in [0.2, 0.25) is 5.78 Å². The second-order valence-electron chi connectivity index (χ2n) is 12.4. The zero-order chi connectivity index (χ0) is 24.5. The van der Waals surface area contributed by atoms with Crippen LogP contribution in [0.4, 0.5) is 0 Å². The summed E-state index contributed by atoms with van der Waals surface area (Å²) in [5.41, 5.74) is 6.38. The Labute approximate surface area is 201 Å². The molecule has 0 aliphatic heterocycles. The normalized spacial score (nSPS) is 25.1. The smallest absolute Gasteiger partial charge is 0.206 e. The Morgan fingerprint density at radius 1 is 1.03 bits per heavy atom. The minimum absolute atomic E-state index is 0.178. The van der Waals surface area contributed by atoms with E-state index in [2.05, 4.69) is 87.4 Å². The molecule has 4 heteroatoms. The molecule has 1 fully saturated rings. The van der Waals surface area contributed by atoms with Gasteiger partial charge in [0, 0.05) is 16.9 Å². The molecule has 2 aliphatic rings. The largest absolute Gasteiger partial charge is 0.442 e. The van der Waals surface area contributed by atoms with Crippen LogP contribution in [-0.4, -0.2) is 18.8 Å². The summed E-state index contributed by atoms with van der Waals surface area (Å²) in [6.45, 7) is 22.9. The quantitative estimate of drug-likeness (QED) is 0.422. The third-order valence-corrected chi connectivity index (χ3v) is 16.0. The minimum atomic E-state index is -2.12. The molecule has 0 saturated heterocycles. The maximum Gasteiger partial charge on any atom is 0.206 e. The first-order valence-corrected chi connectivity index (χ1v) is 15.3. The van der Waals surface area contributed by atoms with Crippen molar-refractivity contribution in [3.63, 3.8) is 0 Å². The van der Waals surface area contributed by atoms with E-state index in [1.165, 1.54) is 11.1 Å². The van der Waals surface area contributed by atoms with Crippen LogP contribution in [-0.2, 0) is 0 Å². The van der Waals surface area contributed by atoms with E-state index in [1.807, 2.05) is 0 Å². The molecule has 2 aliphatic carbocycles. The van der Waals surface area contributed by atoms with Crippen molar-refractivity contribution in [1.29, 1.82) is 0 Å². The monoisotopic (exact) mass is 465 g/mol. The molecular weight excluding hydrogens is 422 g/mol. The number of hydrogen-bond acceptors (Lipinski definition) is 3. The van der Waals surface area contributed by atoms with Crippen LogP contribution >= 0.6 is 0 Å². The van der Waals surface area contributed by atoms with E-state index < -0.39 is 13.5 Å². The molecule has 0 bridgehead atoms. The van der Waals surface area contributed by atoms with Gasteiger partial charge < -0.3 is 4.42 Å². The molecule has 0 N–H and O–H groups in total. The molecule has 4 rings (SSSR count). The fourth-order valence-corrected chi connectivity index (χ4v) is 13.9. The number of Topliss-reactive ketones (excluding diaryl/α,β-unsaturated/α-hetero) is 1. The third kappa shape index (κ3) is 3.34. The Bertz CT molecular complexity index is 1040. The van der Waals surface area contributed by atoms with Gasteiger partial charge in [-0.1, -0.05) is 86.1 Å². The van der Waals surface area contributed by atoms with Crippen molar-refractivity contribution >= 4 is 19.4 Å². The summed E-state index contributed by atoms with van der Waals surface area (Å²) >= 11 is 0. The minimum Gasteiger partial charge on any atom is -0.442 e. The molecule has 0 spiro atoms. The number of nitrogens with zero attached hydrogens (tertiary/aromatic N) is 1. The van der Waals surface area contributed by atoms with Crippen LogP contribution in [0, 0.1) is 24.2 Å². The second-order valence-corrected chi connectivity index (χ2v) is 18.1. The Hall–Kier alpha value is -1.68. The first kappa shape index (κ1) is 24.4. The zero-order valence-electron chi connectivity index (χ0n) is 22.4. The van der Waals surface area contributed by atoms with Crippen LogP contribution in [0.5, 0.6) is 0 Å². The van der Waals surface area contributed by atoms with Crippen LogP contribution < -0.4 is 5.51 Å². The summed E-state index contributed by atoms with van der Waals surface area (Å²) in [5.74, 6) is 1.96. The van der Waals surface area contributed by atoms with Crippen molar-refractivity contribution < 1.29 is 9.21 Å². The van der Waals surface area contributed by atoms with E-state index in [1.54, 1.807) is 0 Å². The number of fused-ring (bicyclic) bond motifs is 5. The Balaban J connectivity index is 2.03. The number of carbonyl (C=O) groups is 1. The predicted molar refractivity (Wildman–Crippen MR) is 140 cm³/mol. The summed E-state index contributed by atoms with van der Waals surface area (Å²) in [4.78, 5) is 19.6. The fourth-order valence-electron chi connectivity index (χ4n) is 7.81. The van der Waals surface area contributed by atoms with Crippen molar-refractivity contribution in [3.05, 3.63) is 35.1 Å². The molecule has 3 atom stereocenters. The summed E-state index contributed by atoms with van der Waals surface area (Å²) < 4.78 is 6.71. The van der Waals surface area contributed by atoms with Gasteiger partial charge in [0.1, 0.15) is 5.69 Å². The highest BCUT2D eigenvalue weighted by atomic mass is 28.3. The summed E-state index contributed by atoms with van der Waals surface area (Å²) in [6, 6.07) is 6.70. The molecule has 0 amide bonds. The lowest BCUT2D eigenvalue weighted by molar-refractivity contribution is 0.0756. The van der Waals surface area contributed by atoms with Crippen LogP contribution in [0.25, 0.3) is 11.3 Å². The molecule has 3 nitrogen and oxygen atoms in total. The van der Waals surface area contributed by atoms with Gasteiger partial charge >= 0.3 is 0 Å². The van der Waals surface area contributed by atoms with Crippen molar-refractivity contribution in [2.45, 2.75) is 105 Å². The van der Waals surface area contributed by atoms with Gasteiger partial charge in [-0.2, -0.15) is 0 Å². The maximum atomic E-state index is 14.3. The van der Waals surface area contributed by atoms with E-state index in [9.17, 15) is 4.79 Å². The lowest BCUT2D eigenvalue weighted by Crippen LogP contribution is -2.56. The standard InChI is InChI=1S/C29H43NO2Si/c1-16(2)21-13-14-29(10)24(21)23-15-20(9)11-12-22(23)25-26(27(29)31)32-28(30-25)33(17(3)4,18(5)6)19(7)8/h11-12,15-19,21,24H,13-14H2,1-10H3/t21-,24-,29-/m1/s1. The highest BCUT2D eigenvalue weighted by Crippen LogP contribution is 2.60. The Kier molecular flexibility index (Phi) is 6.09. The molecule has 1 aromatic heterocycles. The summed E-state index contributed by atoms with van der Waals surface area (Å²) in [6.07, 6.45) is 2.01. The van der Waals surface area contributed by atoms with Gasteiger partial charge in [0.05, 0.1) is 0 Å². The first-order chi connectivity index (χ1) is 15.4. The number of hydrogen-bond donors (Lipinski definition) is 0. The third-order valence-electron chi connectivity index (χ3n) is 9.35. The highest BCUT2D eigenvalue weighted by Gasteiger charge is 2.57. The zero-order valence-corrected chi connectivity index (χ0v) is 23.4. The van der Waals surface area contributed by atoms with Crippen molar-refractivity contribution in [2.24, 2.45) is 17.3 Å². The average Bonchev–Trinajstić information content (AvgIpc) is 3.28. The number of carbonyl (C=O) groups excluding carboxylic acids is 1. The SMILES string of the molecule is Cc1ccc2c(c1)[C@H]1[C@@H](C(C)C)CC[C@@]1(C)C(=O)c1oc([Si](C(C)C)(C(C)C)C(C)C)nc1-2. The second kappa shape index (κ2) is 8.22. The van der Waals surface area contributed by atoms with Crippen molar-refractivity contribution in [1.82, 2.24) is 4.98 Å². The summed E-state index contributed by atoms with van der Waals surface area (Å²) in [5, 5.41) is 0. The van der Waals surface area contributed by atoms with Crippen LogP contribution in [0.3, 0.4) is 0 Å². The van der Waals surface area contributed by atoms with Crippen LogP contribution in [0.1, 0.15) is 103 Å². The predicted octanol–water partition coefficient (Wildman–Crippen LogP) is 7.89. The number of ketones is 1. The van der Waals surface area contributed by atoms with E-state index in [4.69, 9.17) is 9.40 Å². The van der Waals surface area contributed by atoms with Crippen molar-refractivity contribution in [3.8, 4) is 11.3 Å². The van der Waals surface area contributed by atoms with E-state index in [0.29, 0.717) is 34.2 Å². The molecule has 2 aromatic rings. The topological polar surface area (TPSA) is 43.1 Å². The Morgan fingerprint density at radius 3 is 2.18 bits per heavy atom. The molecule has 33 heavy (non-hydrogen) atoms. The van der Waals surface area contributed by atoms with Crippen LogP contribution in [0.2, 0.25) is 16.6 Å². The number of aromatic nitrogens is 1. The van der Waals surface area contributed by atoms with E-state index in [-0.39, 0.29) is 11.7 Å². The average molecular weight is 466 g/mol. The van der Waals surface area contributed by atoms with Gasteiger partial charge in [-0.05, 0) is 53.8 Å². The van der Waals surface area contributed by atoms with Crippen LogP contribution in [0.15, 0.2) is 22.6 Å². The molecule has 180 valence electrons. The van der Waals surface area contributed by atoms with Gasteiger partial charge in [0.25, 0.3) is 0 Å². The molecule has 1 saturated carbocycles. The van der Waals surface area contributed by atoms with E-state index in [0.717, 1.165) is 29.6 Å².